The number of hydrogen-bond acceptors (Lipinski definition) is 5. The first-order valence-electron chi connectivity index (χ1n) is 8.05. The van der Waals surface area contributed by atoms with Gasteiger partial charge in [-0.05, 0) is 49.4 Å². The van der Waals surface area contributed by atoms with Crippen LogP contribution in [-0.4, -0.2) is 32.0 Å². The van der Waals surface area contributed by atoms with Gasteiger partial charge in [0, 0.05) is 17.0 Å². The average Bonchev–Trinajstić information content (AvgIpc) is 2.65. The van der Waals surface area contributed by atoms with Crippen LogP contribution in [0.4, 0.5) is 0 Å². The minimum Gasteiger partial charge on any atom is -0.497 e. The lowest BCUT2D eigenvalue weighted by Crippen LogP contribution is -2.11. The van der Waals surface area contributed by atoms with E-state index in [1.807, 2.05) is 48.5 Å². The summed E-state index contributed by atoms with van der Waals surface area (Å²) in [4.78, 5) is 4.54. The van der Waals surface area contributed by atoms with E-state index in [1.165, 1.54) is 0 Å². The lowest BCUT2D eigenvalue weighted by Gasteiger charge is -2.08. The molecule has 25 heavy (non-hydrogen) atoms. The molecule has 1 aromatic heterocycles. The van der Waals surface area contributed by atoms with Gasteiger partial charge in [0.05, 0.1) is 32.2 Å². The van der Waals surface area contributed by atoms with Crippen molar-refractivity contribution in [3.05, 3.63) is 53.9 Å². The zero-order chi connectivity index (χ0) is 17.8. The maximum Gasteiger partial charge on any atom is 0.137 e. The van der Waals surface area contributed by atoms with Crippen LogP contribution in [0.1, 0.15) is 6.92 Å². The van der Waals surface area contributed by atoms with Gasteiger partial charge >= 0.3 is 0 Å². The number of benzene rings is 2. The monoisotopic (exact) mass is 339 g/mol. The van der Waals surface area contributed by atoms with Crippen molar-refractivity contribution in [3.63, 3.8) is 0 Å². The van der Waals surface area contributed by atoms with Gasteiger partial charge in [-0.1, -0.05) is 0 Å². The summed E-state index contributed by atoms with van der Waals surface area (Å²) >= 11 is 0. The van der Waals surface area contributed by atoms with E-state index in [2.05, 4.69) is 4.99 Å². The van der Waals surface area contributed by atoms with Crippen molar-refractivity contribution in [2.45, 2.75) is 13.0 Å². The predicted octanol–water partition coefficient (Wildman–Crippen LogP) is 3.40. The van der Waals surface area contributed by atoms with Crippen LogP contribution in [0.15, 0.2) is 57.9 Å². The zero-order valence-corrected chi connectivity index (χ0v) is 14.5. The van der Waals surface area contributed by atoms with E-state index in [0.717, 1.165) is 27.8 Å². The number of methoxy groups -OCH3 is 2. The van der Waals surface area contributed by atoms with Crippen molar-refractivity contribution in [2.24, 2.45) is 4.99 Å². The highest BCUT2D eigenvalue weighted by molar-refractivity contribution is 5.80. The Bertz CT molecular complexity index is 927. The van der Waals surface area contributed by atoms with E-state index < -0.39 is 6.10 Å². The van der Waals surface area contributed by atoms with E-state index >= 15 is 0 Å². The van der Waals surface area contributed by atoms with E-state index in [9.17, 15) is 5.11 Å². The van der Waals surface area contributed by atoms with Crippen LogP contribution in [0.25, 0.3) is 22.3 Å². The summed E-state index contributed by atoms with van der Waals surface area (Å²) in [5, 5.41) is 11.2. The van der Waals surface area contributed by atoms with Gasteiger partial charge in [0.2, 0.25) is 0 Å². The van der Waals surface area contributed by atoms with Crippen LogP contribution >= 0.6 is 0 Å². The van der Waals surface area contributed by atoms with Gasteiger partial charge in [-0.2, -0.15) is 0 Å². The Morgan fingerprint density at radius 2 is 1.68 bits per heavy atom. The van der Waals surface area contributed by atoms with Crippen LogP contribution in [0, 0.1) is 0 Å². The molecule has 0 aliphatic rings. The van der Waals surface area contributed by atoms with Crippen molar-refractivity contribution < 1.29 is 19.0 Å². The molecule has 1 N–H and O–H groups in total. The Hall–Kier alpha value is -2.79. The molecular formula is C20H21NO4. The molecule has 5 heteroatoms. The first-order chi connectivity index (χ1) is 12.1. The predicted molar refractivity (Wildman–Crippen MR) is 96.9 cm³/mol. The number of aliphatic hydroxyl groups excluding tert-OH is 1. The molecule has 0 aliphatic carbocycles. The summed E-state index contributed by atoms with van der Waals surface area (Å²) in [7, 11) is 3.26. The molecule has 0 radical (unpaired) electrons. The molecule has 0 fully saturated rings. The highest BCUT2D eigenvalue weighted by atomic mass is 16.5. The van der Waals surface area contributed by atoms with Crippen LogP contribution in [0.5, 0.6) is 11.5 Å². The number of hydrogen-bond donors (Lipinski definition) is 1. The molecule has 2 aromatic carbocycles. The molecule has 3 rings (SSSR count). The van der Waals surface area contributed by atoms with Crippen molar-refractivity contribution >= 4 is 11.0 Å². The smallest absolute Gasteiger partial charge is 0.137 e. The van der Waals surface area contributed by atoms with Crippen molar-refractivity contribution in [3.8, 4) is 22.8 Å². The van der Waals surface area contributed by atoms with Gasteiger partial charge in [-0.3, -0.25) is 4.99 Å². The number of aliphatic hydroxyl groups is 1. The first kappa shape index (κ1) is 17.0. The highest BCUT2D eigenvalue weighted by Gasteiger charge is 2.08. The normalized spacial score (nSPS) is 13.0. The Morgan fingerprint density at radius 1 is 1.00 bits per heavy atom. The number of fused-ring (bicyclic) bond motifs is 1. The summed E-state index contributed by atoms with van der Waals surface area (Å²) in [6.45, 7) is 2.03. The first-order valence-corrected chi connectivity index (χ1v) is 8.05. The lowest BCUT2D eigenvalue weighted by molar-refractivity contribution is 0.203. The standard InChI is InChI=1S/C20H21NO4/c1-13(22)12-21-18-11-20(14-4-6-15(23-2)7-5-14)25-19-9-8-16(24-3)10-17(18)19/h4-11,13,22H,12H2,1-3H3. The van der Waals surface area contributed by atoms with Crippen molar-refractivity contribution in [1.82, 2.24) is 0 Å². The third-order valence-electron chi connectivity index (χ3n) is 3.85. The van der Waals surface area contributed by atoms with Gasteiger partial charge in [-0.15, -0.1) is 0 Å². The van der Waals surface area contributed by atoms with Crippen molar-refractivity contribution in [2.75, 3.05) is 20.8 Å². The van der Waals surface area contributed by atoms with E-state index in [1.54, 1.807) is 21.1 Å². The SMILES string of the molecule is COc1ccc(-c2cc(=NCC(C)O)c3cc(OC)ccc3o2)cc1. The summed E-state index contributed by atoms with van der Waals surface area (Å²) in [6, 6.07) is 15.1. The molecule has 5 nitrogen and oxygen atoms in total. The zero-order valence-electron chi connectivity index (χ0n) is 14.5. The molecule has 1 unspecified atom stereocenters. The number of nitrogens with zero attached hydrogens (tertiary/aromatic N) is 1. The largest absolute Gasteiger partial charge is 0.497 e. The fraction of sp³-hybridized carbons (Fsp3) is 0.250. The highest BCUT2D eigenvalue weighted by Crippen LogP contribution is 2.26. The van der Waals surface area contributed by atoms with Gasteiger partial charge in [0.25, 0.3) is 0 Å². The van der Waals surface area contributed by atoms with Gasteiger partial charge in [0.1, 0.15) is 22.8 Å². The average molecular weight is 339 g/mol. The fourth-order valence-corrected chi connectivity index (χ4v) is 2.53. The summed E-state index contributed by atoms with van der Waals surface area (Å²) in [6.07, 6.45) is -0.512. The summed E-state index contributed by atoms with van der Waals surface area (Å²) < 4.78 is 16.5. The van der Waals surface area contributed by atoms with Crippen molar-refractivity contribution in [1.29, 1.82) is 0 Å². The Kier molecular flexibility index (Phi) is 5.05. The van der Waals surface area contributed by atoms with E-state index in [-0.39, 0.29) is 0 Å². The van der Waals surface area contributed by atoms with Crippen LogP contribution in [0.3, 0.4) is 0 Å². The van der Waals surface area contributed by atoms with Gasteiger partial charge in [-0.25, -0.2) is 0 Å². The minimum absolute atomic E-state index is 0.318. The van der Waals surface area contributed by atoms with Crippen LogP contribution < -0.4 is 14.8 Å². The molecule has 0 aliphatic heterocycles. The molecule has 130 valence electrons. The second-order valence-electron chi connectivity index (χ2n) is 5.78. The molecule has 1 atom stereocenters. The van der Waals surface area contributed by atoms with Crippen LogP contribution in [0.2, 0.25) is 0 Å². The minimum atomic E-state index is -0.512. The molecule has 3 aromatic rings. The third kappa shape index (κ3) is 3.83. The second kappa shape index (κ2) is 7.40. The summed E-state index contributed by atoms with van der Waals surface area (Å²) in [5.74, 6) is 2.21. The number of rotatable bonds is 5. The molecule has 1 heterocycles. The Balaban J connectivity index is 2.18. The molecule has 0 saturated carbocycles. The van der Waals surface area contributed by atoms with Crippen LogP contribution in [-0.2, 0) is 0 Å². The molecular weight excluding hydrogens is 318 g/mol. The maximum absolute atomic E-state index is 9.57. The van der Waals surface area contributed by atoms with E-state index in [0.29, 0.717) is 17.9 Å². The molecule has 0 bridgehead atoms. The lowest BCUT2D eigenvalue weighted by atomic mass is 10.1. The van der Waals surface area contributed by atoms with Gasteiger partial charge in [0.15, 0.2) is 0 Å². The molecule has 0 spiro atoms. The Morgan fingerprint density at radius 3 is 2.32 bits per heavy atom. The maximum atomic E-state index is 9.57. The fourth-order valence-electron chi connectivity index (χ4n) is 2.53. The third-order valence-corrected chi connectivity index (χ3v) is 3.85. The second-order valence-corrected chi connectivity index (χ2v) is 5.78. The van der Waals surface area contributed by atoms with E-state index in [4.69, 9.17) is 13.9 Å². The quantitative estimate of drug-likeness (QED) is 0.774. The Labute approximate surface area is 146 Å². The molecule has 0 amide bonds. The topological polar surface area (TPSA) is 64.2 Å². The summed E-state index contributed by atoms with van der Waals surface area (Å²) in [5.41, 5.74) is 1.63. The van der Waals surface area contributed by atoms with Gasteiger partial charge < -0.3 is 19.0 Å². The number of ether oxygens (including phenoxy) is 2. The molecule has 0 saturated heterocycles.